The van der Waals surface area contributed by atoms with E-state index in [1.54, 1.807) is 12.3 Å². The van der Waals surface area contributed by atoms with E-state index in [0.717, 1.165) is 37.1 Å². The van der Waals surface area contributed by atoms with Crippen LogP contribution in [0.1, 0.15) is 37.6 Å². The molecule has 21 heavy (non-hydrogen) atoms. The molecule has 0 bridgehead atoms. The molecular formula is C15H25BrN4O. The number of rotatable bonds is 9. The number of nitrogens with one attached hydrogen (secondary N) is 2. The van der Waals surface area contributed by atoms with Gasteiger partial charge in [0.2, 0.25) is 0 Å². The summed E-state index contributed by atoms with van der Waals surface area (Å²) in [6, 6.07) is 1.80. The molecule has 0 aliphatic rings. The van der Waals surface area contributed by atoms with E-state index in [1.165, 1.54) is 0 Å². The van der Waals surface area contributed by atoms with Crippen LogP contribution in [0.3, 0.4) is 0 Å². The first kappa shape index (κ1) is 17.9. The van der Waals surface area contributed by atoms with Crippen molar-refractivity contribution >= 4 is 27.7 Å². The number of anilines is 1. The van der Waals surface area contributed by atoms with E-state index in [-0.39, 0.29) is 5.91 Å². The average Bonchev–Trinajstić information content (AvgIpc) is 2.48. The Balaban J connectivity index is 2.60. The van der Waals surface area contributed by atoms with E-state index in [4.69, 9.17) is 0 Å². The Morgan fingerprint density at radius 1 is 1.33 bits per heavy atom. The highest BCUT2D eigenvalue weighted by Gasteiger charge is 2.13. The predicted octanol–water partition coefficient (Wildman–Crippen LogP) is 2.74. The lowest BCUT2D eigenvalue weighted by Crippen LogP contribution is -2.35. The van der Waals surface area contributed by atoms with Gasteiger partial charge in [-0.1, -0.05) is 13.8 Å². The molecule has 0 fully saturated rings. The third-order valence-electron chi connectivity index (χ3n) is 3.14. The highest BCUT2D eigenvalue weighted by atomic mass is 79.9. The van der Waals surface area contributed by atoms with E-state index >= 15 is 0 Å². The number of amides is 1. The van der Waals surface area contributed by atoms with Gasteiger partial charge in [0, 0.05) is 30.3 Å². The van der Waals surface area contributed by atoms with Crippen LogP contribution >= 0.6 is 15.9 Å². The fraction of sp³-hybridized carbons (Fsp3) is 0.600. The molecule has 0 spiro atoms. The van der Waals surface area contributed by atoms with Crippen LogP contribution in [0.5, 0.6) is 0 Å². The molecule has 5 nitrogen and oxygen atoms in total. The smallest absolute Gasteiger partial charge is 0.255 e. The summed E-state index contributed by atoms with van der Waals surface area (Å²) in [7, 11) is 0. The molecule has 6 heteroatoms. The van der Waals surface area contributed by atoms with Gasteiger partial charge >= 0.3 is 0 Å². The molecule has 0 saturated heterocycles. The SMILES string of the molecule is CCCN(CC)CCNC(=O)c1cc(Br)cnc1NCC. The molecule has 1 amide bonds. The van der Waals surface area contributed by atoms with Gasteiger partial charge in [-0.3, -0.25) is 4.79 Å². The predicted molar refractivity (Wildman–Crippen MR) is 90.8 cm³/mol. The molecule has 0 aliphatic carbocycles. The van der Waals surface area contributed by atoms with E-state index in [2.05, 4.69) is 50.3 Å². The molecule has 1 aromatic rings. The van der Waals surface area contributed by atoms with Crippen LogP contribution in [-0.4, -0.2) is 48.5 Å². The van der Waals surface area contributed by atoms with Gasteiger partial charge in [-0.15, -0.1) is 0 Å². The van der Waals surface area contributed by atoms with Gasteiger partial charge in [-0.2, -0.15) is 0 Å². The molecule has 0 radical (unpaired) electrons. The zero-order chi connectivity index (χ0) is 15.7. The zero-order valence-electron chi connectivity index (χ0n) is 13.1. The first-order valence-corrected chi connectivity index (χ1v) is 8.31. The lowest BCUT2D eigenvalue weighted by atomic mass is 10.2. The van der Waals surface area contributed by atoms with E-state index < -0.39 is 0 Å². The molecule has 1 rings (SSSR count). The standard InChI is InChI=1S/C15H25BrN4O/c1-4-8-20(6-3)9-7-18-15(21)13-10-12(16)11-19-14(13)17-5-2/h10-11H,4-9H2,1-3H3,(H,17,19)(H,18,21). The average molecular weight is 357 g/mol. The molecule has 0 unspecified atom stereocenters. The first-order chi connectivity index (χ1) is 10.1. The minimum atomic E-state index is -0.0905. The minimum absolute atomic E-state index is 0.0905. The Morgan fingerprint density at radius 3 is 2.71 bits per heavy atom. The number of carbonyl (C=O) groups is 1. The normalized spacial score (nSPS) is 10.7. The number of likely N-dealkylation sites (N-methyl/N-ethyl adjacent to an activating group) is 1. The van der Waals surface area contributed by atoms with Crippen LogP contribution in [0.2, 0.25) is 0 Å². The summed E-state index contributed by atoms with van der Waals surface area (Å²) < 4.78 is 0.801. The number of nitrogens with zero attached hydrogens (tertiary/aromatic N) is 2. The van der Waals surface area contributed by atoms with Gasteiger partial charge in [-0.05, 0) is 48.4 Å². The van der Waals surface area contributed by atoms with Crippen molar-refractivity contribution in [2.45, 2.75) is 27.2 Å². The quantitative estimate of drug-likeness (QED) is 0.714. The highest BCUT2D eigenvalue weighted by Crippen LogP contribution is 2.17. The number of carbonyl (C=O) groups excluding carboxylic acids is 1. The van der Waals surface area contributed by atoms with Crippen LogP contribution in [0.4, 0.5) is 5.82 Å². The fourth-order valence-corrected chi connectivity index (χ4v) is 2.42. The second-order valence-corrected chi connectivity index (χ2v) is 5.69. The van der Waals surface area contributed by atoms with Crippen molar-refractivity contribution < 1.29 is 4.79 Å². The maximum absolute atomic E-state index is 12.3. The second kappa shape index (κ2) is 9.73. The Kier molecular flexibility index (Phi) is 8.30. The molecule has 1 aromatic heterocycles. The van der Waals surface area contributed by atoms with Crippen LogP contribution in [0.25, 0.3) is 0 Å². The van der Waals surface area contributed by atoms with Crippen molar-refractivity contribution in [2.75, 3.05) is 38.0 Å². The van der Waals surface area contributed by atoms with E-state index in [1.807, 2.05) is 6.92 Å². The van der Waals surface area contributed by atoms with Gasteiger partial charge in [-0.25, -0.2) is 4.98 Å². The third kappa shape index (κ3) is 6.01. The van der Waals surface area contributed by atoms with Crippen molar-refractivity contribution in [3.8, 4) is 0 Å². The monoisotopic (exact) mass is 356 g/mol. The van der Waals surface area contributed by atoms with Crippen LogP contribution in [0.15, 0.2) is 16.7 Å². The van der Waals surface area contributed by atoms with Crippen molar-refractivity contribution in [1.82, 2.24) is 15.2 Å². The lowest BCUT2D eigenvalue weighted by molar-refractivity contribution is 0.0949. The zero-order valence-corrected chi connectivity index (χ0v) is 14.7. The molecule has 0 aliphatic heterocycles. The molecule has 0 saturated carbocycles. The minimum Gasteiger partial charge on any atom is -0.370 e. The van der Waals surface area contributed by atoms with Crippen LogP contribution < -0.4 is 10.6 Å². The van der Waals surface area contributed by atoms with Gasteiger partial charge in [0.25, 0.3) is 5.91 Å². The number of halogens is 1. The van der Waals surface area contributed by atoms with Gasteiger partial charge in [0.15, 0.2) is 0 Å². The first-order valence-electron chi connectivity index (χ1n) is 7.52. The Bertz CT molecular complexity index is 453. The summed E-state index contributed by atoms with van der Waals surface area (Å²) in [6.45, 7) is 10.6. The molecule has 1 heterocycles. The van der Waals surface area contributed by atoms with E-state index in [9.17, 15) is 4.79 Å². The molecule has 0 atom stereocenters. The van der Waals surface area contributed by atoms with Crippen molar-refractivity contribution in [3.63, 3.8) is 0 Å². The molecule has 0 aromatic carbocycles. The van der Waals surface area contributed by atoms with Gasteiger partial charge in [0.1, 0.15) is 5.82 Å². The summed E-state index contributed by atoms with van der Waals surface area (Å²) in [5, 5.41) is 6.08. The summed E-state index contributed by atoms with van der Waals surface area (Å²) in [5.74, 6) is 0.534. The van der Waals surface area contributed by atoms with Gasteiger partial charge < -0.3 is 15.5 Å². The highest BCUT2D eigenvalue weighted by molar-refractivity contribution is 9.10. The lowest BCUT2D eigenvalue weighted by Gasteiger charge is -2.19. The fourth-order valence-electron chi connectivity index (χ4n) is 2.09. The Hall–Kier alpha value is -1.14. The van der Waals surface area contributed by atoms with Crippen molar-refractivity contribution in [2.24, 2.45) is 0 Å². The number of aromatic nitrogens is 1. The largest absolute Gasteiger partial charge is 0.370 e. The Morgan fingerprint density at radius 2 is 2.10 bits per heavy atom. The summed E-state index contributed by atoms with van der Waals surface area (Å²) in [6.07, 6.45) is 2.82. The summed E-state index contributed by atoms with van der Waals surface area (Å²) in [5.41, 5.74) is 0.574. The maximum Gasteiger partial charge on any atom is 0.255 e. The Labute approximate surface area is 135 Å². The van der Waals surface area contributed by atoms with Crippen LogP contribution in [0, 0.1) is 0 Å². The molecular weight excluding hydrogens is 332 g/mol. The van der Waals surface area contributed by atoms with E-state index in [0.29, 0.717) is 17.9 Å². The summed E-state index contributed by atoms with van der Waals surface area (Å²) >= 11 is 3.36. The number of pyridine rings is 1. The van der Waals surface area contributed by atoms with Crippen molar-refractivity contribution in [3.05, 3.63) is 22.3 Å². The molecule has 118 valence electrons. The van der Waals surface area contributed by atoms with Crippen LogP contribution in [-0.2, 0) is 0 Å². The maximum atomic E-state index is 12.3. The third-order valence-corrected chi connectivity index (χ3v) is 3.58. The van der Waals surface area contributed by atoms with Crippen molar-refractivity contribution in [1.29, 1.82) is 0 Å². The number of hydrogen-bond acceptors (Lipinski definition) is 4. The number of hydrogen-bond donors (Lipinski definition) is 2. The summed E-state index contributed by atoms with van der Waals surface area (Å²) in [4.78, 5) is 18.9. The second-order valence-electron chi connectivity index (χ2n) is 4.77. The molecule has 2 N–H and O–H groups in total. The topological polar surface area (TPSA) is 57.3 Å². The van der Waals surface area contributed by atoms with Gasteiger partial charge in [0.05, 0.1) is 5.56 Å².